The first-order valence-corrected chi connectivity index (χ1v) is 9.13. The van der Waals surface area contributed by atoms with E-state index in [2.05, 4.69) is 25.1 Å². The number of nitrogens with zero attached hydrogens (tertiary/aromatic N) is 3. The van der Waals surface area contributed by atoms with Gasteiger partial charge >= 0.3 is 0 Å². The minimum atomic E-state index is -0.279. The zero-order valence-electron chi connectivity index (χ0n) is 15.4. The van der Waals surface area contributed by atoms with E-state index < -0.39 is 0 Å². The number of halogens is 1. The fourth-order valence-corrected chi connectivity index (χ4v) is 3.47. The van der Waals surface area contributed by atoms with Crippen molar-refractivity contribution in [2.24, 2.45) is 0 Å². The fourth-order valence-electron chi connectivity index (χ4n) is 3.47. The van der Waals surface area contributed by atoms with Crippen molar-refractivity contribution in [3.8, 4) is 11.3 Å². The zero-order chi connectivity index (χ0) is 19.0. The van der Waals surface area contributed by atoms with Crippen molar-refractivity contribution in [1.29, 1.82) is 0 Å². The molecule has 0 saturated carbocycles. The predicted molar refractivity (Wildman–Crippen MR) is 101 cm³/mol. The second-order valence-electron chi connectivity index (χ2n) is 7.27. The van der Waals surface area contributed by atoms with Gasteiger partial charge in [0.1, 0.15) is 11.6 Å². The highest BCUT2D eigenvalue weighted by Gasteiger charge is 2.23. The Morgan fingerprint density at radius 1 is 1.33 bits per heavy atom. The van der Waals surface area contributed by atoms with E-state index in [-0.39, 0.29) is 17.3 Å². The number of hydrogen-bond acceptors (Lipinski definition) is 4. The number of aromatic nitrogens is 4. The third kappa shape index (κ3) is 3.55. The molecule has 0 spiro atoms. The second-order valence-corrected chi connectivity index (χ2v) is 7.27. The monoisotopic (exact) mass is 367 g/mol. The highest BCUT2D eigenvalue weighted by Crippen LogP contribution is 2.25. The first kappa shape index (κ1) is 17.6. The number of fused-ring (bicyclic) bond motifs is 1. The van der Waals surface area contributed by atoms with Gasteiger partial charge in [-0.1, -0.05) is 26.0 Å². The molecule has 6 nitrogen and oxygen atoms in total. The van der Waals surface area contributed by atoms with Crippen LogP contribution in [-0.4, -0.2) is 31.6 Å². The molecule has 27 heavy (non-hydrogen) atoms. The van der Waals surface area contributed by atoms with E-state index in [0.29, 0.717) is 13.1 Å². The molecule has 7 heteroatoms. The Kier molecular flexibility index (Phi) is 4.61. The van der Waals surface area contributed by atoms with Gasteiger partial charge in [-0.15, -0.1) is 0 Å². The average Bonchev–Trinajstić information content (AvgIpc) is 3.10. The topological polar surface area (TPSA) is 77.7 Å². The first-order chi connectivity index (χ1) is 13.0. The molecule has 0 aliphatic carbocycles. The van der Waals surface area contributed by atoms with Crippen molar-refractivity contribution in [2.75, 3.05) is 6.54 Å². The van der Waals surface area contributed by atoms with Crippen molar-refractivity contribution in [1.82, 2.24) is 25.1 Å². The van der Waals surface area contributed by atoms with Gasteiger partial charge in [0.05, 0.1) is 23.1 Å². The molecule has 0 bridgehead atoms. The van der Waals surface area contributed by atoms with Crippen LogP contribution in [0.2, 0.25) is 0 Å². The molecule has 0 atom stereocenters. The molecule has 4 rings (SSSR count). The smallest absolute Gasteiger partial charge is 0.255 e. The number of aromatic amines is 2. The van der Waals surface area contributed by atoms with E-state index in [4.69, 9.17) is 0 Å². The Bertz CT molecular complexity index is 1020. The average molecular weight is 367 g/mol. The number of H-pyrrole nitrogens is 2. The van der Waals surface area contributed by atoms with Crippen LogP contribution in [0.4, 0.5) is 4.39 Å². The minimum absolute atomic E-state index is 0.0500. The molecule has 0 unspecified atom stereocenters. The normalized spacial score (nSPS) is 14.5. The van der Waals surface area contributed by atoms with Crippen LogP contribution in [0.25, 0.3) is 11.3 Å². The van der Waals surface area contributed by atoms with Gasteiger partial charge < -0.3 is 4.98 Å². The summed E-state index contributed by atoms with van der Waals surface area (Å²) < 4.78 is 13.6. The van der Waals surface area contributed by atoms with Gasteiger partial charge in [-0.05, 0) is 12.1 Å². The van der Waals surface area contributed by atoms with Crippen molar-refractivity contribution in [3.63, 3.8) is 0 Å². The van der Waals surface area contributed by atoms with Crippen LogP contribution < -0.4 is 5.56 Å². The molecule has 1 aliphatic rings. The van der Waals surface area contributed by atoms with Crippen LogP contribution in [-0.2, 0) is 19.5 Å². The summed E-state index contributed by atoms with van der Waals surface area (Å²) in [4.78, 5) is 22.2. The van der Waals surface area contributed by atoms with E-state index in [1.807, 2.05) is 19.9 Å². The molecule has 0 fully saturated rings. The molecule has 3 heterocycles. The summed E-state index contributed by atoms with van der Waals surface area (Å²) in [5, 5.41) is 7.10. The number of rotatable bonds is 4. The van der Waals surface area contributed by atoms with Crippen LogP contribution >= 0.6 is 0 Å². The summed E-state index contributed by atoms with van der Waals surface area (Å²) in [6, 6.07) is 6.45. The summed E-state index contributed by atoms with van der Waals surface area (Å²) >= 11 is 0. The fraction of sp³-hybridized carbons (Fsp3) is 0.350. The van der Waals surface area contributed by atoms with Crippen LogP contribution in [0.5, 0.6) is 0 Å². The molecule has 0 radical (unpaired) electrons. The maximum atomic E-state index is 13.6. The van der Waals surface area contributed by atoms with Gasteiger partial charge in [-0.2, -0.15) is 5.10 Å². The van der Waals surface area contributed by atoms with E-state index in [0.717, 1.165) is 46.9 Å². The van der Waals surface area contributed by atoms with Gasteiger partial charge in [0.25, 0.3) is 5.56 Å². The summed E-state index contributed by atoms with van der Waals surface area (Å²) in [6.45, 7) is 6.03. The van der Waals surface area contributed by atoms with E-state index in [1.165, 1.54) is 12.1 Å². The SMILES string of the molecule is CC(C)c1nc2c(c(=O)[nH]1)CN(Cc1cn[nH]c1-c1cccc(F)c1)CC2. The summed E-state index contributed by atoms with van der Waals surface area (Å²) in [7, 11) is 0. The summed E-state index contributed by atoms with van der Waals surface area (Å²) in [5.74, 6) is 0.662. The number of hydrogen-bond donors (Lipinski definition) is 2. The lowest BCUT2D eigenvalue weighted by Crippen LogP contribution is -2.36. The lowest BCUT2D eigenvalue weighted by Gasteiger charge is -2.27. The van der Waals surface area contributed by atoms with E-state index >= 15 is 0 Å². The Balaban J connectivity index is 1.57. The third-order valence-corrected chi connectivity index (χ3v) is 4.94. The van der Waals surface area contributed by atoms with Gasteiger partial charge in [0, 0.05) is 43.1 Å². The van der Waals surface area contributed by atoms with Gasteiger partial charge in [0.15, 0.2) is 0 Å². The second kappa shape index (κ2) is 7.08. The van der Waals surface area contributed by atoms with Crippen LogP contribution in [0, 0.1) is 5.82 Å². The molecule has 2 aromatic heterocycles. The Labute approximate surface area is 156 Å². The minimum Gasteiger partial charge on any atom is -0.310 e. The zero-order valence-corrected chi connectivity index (χ0v) is 15.4. The Morgan fingerprint density at radius 2 is 2.19 bits per heavy atom. The van der Waals surface area contributed by atoms with Crippen molar-refractivity contribution in [3.05, 3.63) is 69.3 Å². The van der Waals surface area contributed by atoms with Gasteiger partial charge in [-0.3, -0.25) is 14.8 Å². The molecule has 0 amide bonds. The molecular formula is C20H22FN5O. The maximum absolute atomic E-state index is 13.6. The quantitative estimate of drug-likeness (QED) is 0.743. The number of nitrogens with one attached hydrogen (secondary N) is 2. The van der Waals surface area contributed by atoms with E-state index in [1.54, 1.807) is 12.3 Å². The summed E-state index contributed by atoms with van der Waals surface area (Å²) in [6.07, 6.45) is 2.51. The molecule has 3 aromatic rings. The van der Waals surface area contributed by atoms with Crippen LogP contribution in [0.15, 0.2) is 35.3 Å². The summed E-state index contributed by atoms with van der Waals surface area (Å²) in [5.41, 5.74) is 4.14. The first-order valence-electron chi connectivity index (χ1n) is 9.13. The highest BCUT2D eigenvalue weighted by atomic mass is 19.1. The Hall–Kier alpha value is -2.80. The molecule has 1 aromatic carbocycles. The lowest BCUT2D eigenvalue weighted by atomic mass is 10.0. The molecular weight excluding hydrogens is 345 g/mol. The standard InChI is InChI=1S/C20H22FN5O/c1-12(2)19-23-17-6-7-26(11-16(17)20(27)24-19)10-14-9-22-25-18(14)13-4-3-5-15(21)8-13/h3-5,8-9,12H,6-7,10-11H2,1-2H3,(H,22,25)(H,23,24,27). The molecule has 1 aliphatic heterocycles. The maximum Gasteiger partial charge on any atom is 0.255 e. The number of benzene rings is 1. The van der Waals surface area contributed by atoms with Gasteiger partial charge in [-0.25, -0.2) is 9.37 Å². The van der Waals surface area contributed by atoms with Crippen LogP contribution in [0.1, 0.15) is 42.4 Å². The third-order valence-electron chi connectivity index (χ3n) is 4.94. The predicted octanol–water partition coefficient (Wildman–Crippen LogP) is 2.98. The Morgan fingerprint density at radius 3 is 2.96 bits per heavy atom. The molecule has 140 valence electrons. The highest BCUT2D eigenvalue weighted by molar-refractivity contribution is 5.62. The van der Waals surface area contributed by atoms with Crippen LogP contribution in [0.3, 0.4) is 0 Å². The van der Waals surface area contributed by atoms with Crippen molar-refractivity contribution >= 4 is 0 Å². The van der Waals surface area contributed by atoms with Crippen molar-refractivity contribution in [2.45, 2.75) is 39.3 Å². The molecule has 2 N–H and O–H groups in total. The lowest BCUT2D eigenvalue weighted by molar-refractivity contribution is 0.241. The van der Waals surface area contributed by atoms with Gasteiger partial charge in [0.2, 0.25) is 0 Å². The largest absolute Gasteiger partial charge is 0.310 e. The van der Waals surface area contributed by atoms with E-state index in [9.17, 15) is 9.18 Å². The van der Waals surface area contributed by atoms with Crippen molar-refractivity contribution < 1.29 is 4.39 Å². The molecule has 0 saturated heterocycles.